The van der Waals surface area contributed by atoms with Gasteiger partial charge in [-0.25, -0.2) is 4.98 Å². The zero-order valence-corrected chi connectivity index (χ0v) is 50.6. The van der Waals surface area contributed by atoms with Crippen LogP contribution in [0.5, 0.6) is 5.75 Å². The van der Waals surface area contributed by atoms with Gasteiger partial charge in [-0.3, -0.25) is 48.1 Å². The van der Waals surface area contributed by atoms with Gasteiger partial charge in [0.2, 0.25) is 11.8 Å². The minimum Gasteiger partial charge on any atom is -0.466 e. The second kappa shape index (κ2) is 37.1. The van der Waals surface area contributed by atoms with Crippen molar-refractivity contribution in [1.82, 2.24) is 30.7 Å². The molecule has 0 radical (unpaired) electrons. The molecular formula is C59H87N7O16S. The predicted molar refractivity (Wildman–Crippen MR) is 308 cm³/mol. The van der Waals surface area contributed by atoms with Crippen LogP contribution < -0.4 is 26.0 Å². The minimum atomic E-state index is -0.937. The number of ketones is 1. The lowest BCUT2D eigenvalue weighted by Crippen LogP contribution is -2.48. The summed E-state index contributed by atoms with van der Waals surface area (Å²) in [5.74, 6) is -1.10. The lowest BCUT2D eigenvalue weighted by atomic mass is 9.83. The maximum absolute atomic E-state index is 14.5. The molecule has 460 valence electrons. The number of ether oxygens (including phenoxy) is 7. The number of esters is 3. The van der Waals surface area contributed by atoms with Crippen LogP contribution in [0.15, 0.2) is 23.6 Å². The standard InChI is InChI=1S/C59H87N7O16S/c1-10-39(5)44(35-49(68)47-14-12-13-23-65(47)8)58(74)66(9)48(38(3)4)36-51(81-41(7)67)57-64-46(37-83-57)56(73)62-43(32-40(6)59(75)80-11-2)33-42-15-16-50-45(34-42)63-54(71)19-24-76-28-30-78-26-21-60-52(69)17-18-53(70)61-22-27-79-31-29-77-25-20-55(72)82-50/h15-16,34,37-40,43-44,47-48,51H,10-14,19-33,35-36H2,1-9H3,(H,60,69)(H,61,70)(H,62,73)(H,63,71)/t39-,40?,43+,44-,47+,48+,51+/m0/s1. The number of likely N-dealkylation sites (N-methyl/N-ethyl adjacent to an activating group) is 1. The minimum absolute atomic E-state index is 0.00883. The van der Waals surface area contributed by atoms with Crippen molar-refractivity contribution in [2.75, 3.05) is 98.5 Å². The zero-order valence-electron chi connectivity index (χ0n) is 49.8. The van der Waals surface area contributed by atoms with Crippen LogP contribution in [0.3, 0.4) is 0 Å². The van der Waals surface area contributed by atoms with Crippen molar-refractivity contribution in [3.05, 3.63) is 39.8 Å². The number of piperidine rings is 1. The molecule has 0 bridgehead atoms. The number of anilines is 1. The maximum atomic E-state index is 14.5. The Morgan fingerprint density at radius 2 is 1.51 bits per heavy atom. The van der Waals surface area contributed by atoms with Gasteiger partial charge < -0.3 is 59.3 Å². The Morgan fingerprint density at radius 3 is 2.11 bits per heavy atom. The molecule has 1 aromatic carbocycles. The van der Waals surface area contributed by atoms with Crippen molar-refractivity contribution in [2.45, 2.75) is 137 Å². The molecular weight excluding hydrogens is 1090 g/mol. The van der Waals surface area contributed by atoms with E-state index in [-0.39, 0.29) is 158 Å². The second-order valence-corrected chi connectivity index (χ2v) is 22.0. The Morgan fingerprint density at radius 1 is 0.867 bits per heavy atom. The van der Waals surface area contributed by atoms with Gasteiger partial charge in [-0.05, 0) is 75.7 Å². The van der Waals surface area contributed by atoms with Crippen molar-refractivity contribution in [2.24, 2.45) is 23.7 Å². The molecule has 2 aromatic rings. The lowest BCUT2D eigenvalue weighted by Gasteiger charge is -2.37. The second-order valence-electron chi connectivity index (χ2n) is 21.1. The Labute approximate surface area is 492 Å². The molecule has 0 spiro atoms. The highest BCUT2D eigenvalue weighted by Crippen LogP contribution is 2.34. The summed E-state index contributed by atoms with van der Waals surface area (Å²) in [5.41, 5.74) is 0.757. The van der Waals surface area contributed by atoms with E-state index in [4.69, 9.17) is 33.2 Å². The maximum Gasteiger partial charge on any atom is 0.313 e. The van der Waals surface area contributed by atoms with E-state index >= 15 is 0 Å². The molecule has 1 saturated heterocycles. The van der Waals surface area contributed by atoms with Crippen LogP contribution in [0.25, 0.3) is 0 Å². The van der Waals surface area contributed by atoms with Crippen LogP contribution in [-0.2, 0) is 73.2 Å². The van der Waals surface area contributed by atoms with E-state index in [1.807, 2.05) is 34.7 Å². The number of benzene rings is 1. The molecule has 1 aromatic heterocycles. The number of thiazole rings is 1. The molecule has 2 aliphatic rings. The molecule has 23 nitrogen and oxygen atoms in total. The summed E-state index contributed by atoms with van der Waals surface area (Å²) >= 11 is 1.12. The number of carbonyl (C=O) groups is 9. The van der Waals surface area contributed by atoms with Crippen LogP contribution >= 0.6 is 11.3 Å². The van der Waals surface area contributed by atoms with Crippen LogP contribution in [0.1, 0.15) is 133 Å². The van der Waals surface area contributed by atoms with Gasteiger partial charge in [0.1, 0.15) is 10.7 Å². The van der Waals surface area contributed by atoms with Crippen LogP contribution in [0.4, 0.5) is 5.69 Å². The van der Waals surface area contributed by atoms with E-state index in [1.165, 1.54) is 13.0 Å². The third-order valence-electron chi connectivity index (χ3n) is 14.3. The van der Waals surface area contributed by atoms with Crippen LogP contribution in [0.2, 0.25) is 0 Å². The Hall–Kier alpha value is -6.36. The fourth-order valence-corrected chi connectivity index (χ4v) is 10.4. The summed E-state index contributed by atoms with van der Waals surface area (Å²) in [7, 11) is 3.69. The third-order valence-corrected chi connectivity index (χ3v) is 15.3. The van der Waals surface area contributed by atoms with E-state index in [2.05, 4.69) is 43.0 Å². The van der Waals surface area contributed by atoms with Gasteiger partial charge in [0.25, 0.3) is 17.7 Å². The molecule has 1 unspecified atom stereocenters. The zero-order chi connectivity index (χ0) is 60.8. The fourth-order valence-electron chi connectivity index (χ4n) is 9.57. The Bertz CT molecular complexity index is 2530. The molecule has 83 heavy (non-hydrogen) atoms. The number of nitrogens with one attached hydrogen (secondary N) is 4. The highest BCUT2D eigenvalue weighted by molar-refractivity contribution is 7.09. The highest BCUT2D eigenvalue weighted by atomic mass is 32.1. The summed E-state index contributed by atoms with van der Waals surface area (Å²) in [6.45, 7) is 14.8. The van der Waals surface area contributed by atoms with Gasteiger partial charge in [-0.15, -0.1) is 11.3 Å². The molecule has 0 aliphatic carbocycles. The number of hydrogen-bond donors (Lipinski definition) is 4. The number of amides is 5. The molecule has 4 rings (SSSR count). The molecule has 2 aliphatic heterocycles. The first kappa shape index (κ1) is 69.1. The third kappa shape index (κ3) is 24.8. The van der Waals surface area contributed by atoms with Crippen molar-refractivity contribution in [3.63, 3.8) is 0 Å². The molecule has 1 fully saturated rings. The lowest BCUT2D eigenvalue weighted by molar-refractivity contribution is -0.150. The molecule has 5 amide bonds. The first-order valence-corrected chi connectivity index (χ1v) is 29.7. The summed E-state index contributed by atoms with van der Waals surface area (Å²) in [6.07, 6.45) is 2.84. The average Bonchev–Trinajstić information content (AvgIpc) is 4.22. The summed E-state index contributed by atoms with van der Waals surface area (Å²) in [6, 6.07) is 3.40. The molecule has 0 saturated carbocycles. The number of carbonyl (C=O) groups excluding carboxylic acids is 9. The van der Waals surface area contributed by atoms with Gasteiger partial charge in [-0.2, -0.15) is 0 Å². The topological polar surface area (TPSA) is 286 Å². The van der Waals surface area contributed by atoms with Crippen molar-refractivity contribution < 1.29 is 76.3 Å². The molecule has 4 N–H and O–H groups in total. The number of nitrogens with zero attached hydrogens (tertiary/aromatic N) is 3. The Balaban J connectivity index is 1.54. The number of Topliss-reactive ketones (excluding diaryl/α,β-unsaturated/α-hetero) is 1. The van der Waals surface area contributed by atoms with Gasteiger partial charge in [0, 0.05) is 75.1 Å². The van der Waals surface area contributed by atoms with Crippen molar-refractivity contribution in [3.8, 4) is 17.6 Å². The number of aromatic nitrogens is 1. The van der Waals surface area contributed by atoms with E-state index in [9.17, 15) is 43.2 Å². The van der Waals surface area contributed by atoms with Gasteiger partial charge >= 0.3 is 17.9 Å². The first-order chi connectivity index (χ1) is 39.7. The van der Waals surface area contributed by atoms with Gasteiger partial charge in [0.05, 0.1) is 90.0 Å². The van der Waals surface area contributed by atoms with E-state index in [0.29, 0.717) is 17.0 Å². The number of hydrogen-bond acceptors (Lipinski definition) is 19. The number of rotatable bonds is 20. The summed E-state index contributed by atoms with van der Waals surface area (Å²) in [4.78, 5) is 127. The number of likely N-dealkylation sites (tertiary alicyclic amines) is 1. The smallest absolute Gasteiger partial charge is 0.313 e. The Kier molecular flexibility index (Phi) is 30.9. The molecule has 3 heterocycles. The monoisotopic (exact) mass is 1180 g/mol. The summed E-state index contributed by atoms with van der Waals surface area (Å²) < 4.78 is 39.0. The van der Waals surface area contributed by atoms with E-state index in [1.54, 1.807) is 43.3 Å². The number of fused-ring (bicyclic) bond motifs is 1. The van der Waals surface area contributed by atoms with E-state index < -0.39 is 71.6 Å². The quantitative estimate of drug-likeness (QED) is 0.0801. The largest absolute Gasteiger partial charge is 0.466 e. The fraction of sp³-hybridized carbons (Fsp3) is 0.661. The van der Waals surface area contributed by atoms with E-state index in [0.717, 1.165) is 37.1 Å². The predicted octanol–water partition coefficient (Wildman–Crippen LogP) is 4.60. The van der Waals surface area contributed by atoms with Crippen molar-refractivity contribution in [1.29, 1.82) is 0 Å². The van der Waals surface area contributed by atoms with Gasteiger partial charge in [0.15, 0.2) is 17.6 Å². The first-order valence-electron chi connectivity index (χ1n) is 28.8. The highest BCUT2D eigenvalue weighted by Gasteiger charge is 2.38. The summed E-state index contributed by atoms with van der Waals surface area (Å²) in [5, 5.41) is 12.8. The van der Waals surface area contributed by atoms with Gasteiger partial charge in [-0.1, -0.05) is 53.5 Å². The van der Waals surface area contributed by atoms with Crippen molar-refractivity contribution >= 4 is 70.3 Å². The molecule has 24 heteroatoms. The van der Waals surface area contributed by atoms with Crippen LogP contribution in [-0.4, -0.2) is 179 Å². The SMILES string of the molecule is CCOC(=O)C(C)C[C@H](Cc1ccc2c(c1)NC(=O)CCOCCOCCNC(=O)C#CC(=O)NCCOCCOCCC(=O)O2)NC(=O)c1csc([C@@H](C[C@H](C(C)C)N(C)C(=O)[C@@H](CC(=O)[C@H]2CCCCN2C)[C@@H](C)CC)OC(C)=O)n1. The average molecular weight is 1180 g/mol. The molecule has 7 atom stereocenters. The van der Waals surface area contributed by atoms with Crippen LogP contribution in [0, 0.1) is 35.5 Å². The normalized spacial score (nSPS) is 19.3.